The fourth-order valence-electron chi connectivity index (χ4n) is 2.13. The van der Waals surface area contributed by atoms with Crippen LogP contribution in [0.15, 0.2) is 0 Å². The molecule has 0 aromatic rings. The van der Waals surface area contributed by atoms with E-state index >= 15 is 0 Å². The summed E-state index contributed by atoms with van der Waals surface area (Å²) >= 11 is 0. The zero-order valence-corrected chi connectivity index (χ0v) is 12.7. The Balaban J connectivity index is 4.34. The van der Waals surface area contributed by atoms with Crippen LogP contribution in [-0.4, -0.2) is 31.9 Å². The molecular weight excluding hydrogens is 243 g/mol. The normalized spacial score (nSPS) is 10.4. The number of hydrogen-bond acceptors (Lipinski definition) is 4. The van der Waals surface area contributed by atoms with Crippen molar-refractivity contribution in [3.8, 4) is 0 Å². The molecule has 19 heavy (non-hydrogen) atoms. The fraction of sp³-hybridized carbons (Fsp3) is 0.857. The smallest absolute Gasteiger partial charge is 0.320 e. The molecule has 5 heteroatoms. The lowest BCUT2D eigenvalue weighted by molar-refractivity contribution is -0.161. The van der Waals surface area contributed by atoms with Crippen LogP contribution in [0.3, 0.4) is 0 Å². The summed E-state index contributed by atoms with van der Waals surface area (Å²) in [6.07, 6.45) is 4.70. The van der Waals surface area contributed by atoms with Crippen molar-refractivity contribution in [1.29, 1.82) is 0 Å². The van der Waals surface area contributed by atoms with Gasteiger partial charge in [0.2, 0.25) is 0 Å². The van der Waals surface area contributed by atoms with Crippen LogP contribution in [0.2, 0.25) is 19.0 Å². The van der Waals surface area contributed by atoms with Gasteiger partial charge in [0.15, 0.2) is 5.92 Å². The van der Waals surface area contributed by atoms with Gasteiger partial charge in [-0.15, -0.1) is 0 Å². The zero-order valence-electron chi connectivity index (χ0n) is 12.7. The number of esters is 2. The molecule has 0 spiro atoms. The van der Waals surface area contributed by atoms with Crippen molar-refractivity contribution in [1.82, 2.24) is 0 Å². The molecule has 0 saturated heterocycles. The van der Waals surface area contributed by atoms with Crippen molar-refractivity contribution in [2.24, 2.45) is 5.92 Å². The largest absolute Gasteiger partial charge is 0.465 e. The molecule has 0 saturated carbocycles. The summed E-state index contributed by atoms with van der Waals surface area (Å²) < 4.78 is 9.88. The van der Waals surface area contributed by atoms with E-state index in [0.29, 0.717) is 26.3 Å². The van der Waals surface area contributed by atoms with Crippen LogP contribution in [0.1, 0.15) is 40.5 Å². The Morgan fingerprint density at radius 2 is 1.42 bits per heavy atom. The number of rotatable bonds is 10. The van der Waals surface area contributed by atoms with Gasteiger partial charge in [0.05, 0.1) is 13.2 Å². The third kappa shape index (κ3) is 7.23. The minimum atomic E-state index is -0.755. The maximum Gasteiger partial charge on any atom is 0.320 e. The first-order valence-corrected chi connectivity index (χ1v) is 7.43. The van der Waals surface area contributed by atoms with Crippen LogP contribution in [-0.2, 0) is 19.1 Å². The quantitative estimate of drug-likeness (QED) is 0.348. The van der Waals surface area contributed by atoms with Gasteiger partial charge in [-0.25, -0.2) is 0 Å². The fourth-order valence-corrected chi connectivity index (χ4v) is 2.13. The number of ether oxygens (including phenoxy) is 2. The van der Waals surface area contributed by atoms with Crippen molar-refractivity contribution in [2.45, 2.75) is 59.5 Å². The van der Waals surface area contributed by atoms with E-state index in [0.717, 1.165) is 25.4 Å². The van der Waals surface area contributed by atoms with Crippen LogP contribution in [0.25, 0.3) is 0 Å². The monoisotopic (exact) mass is 270 g/mol. The highest BCUT2D eigenvalue weighted by Gasteiger charge is 2.29. The van der Waals surface area contributed by atoms with Crippen LogP contribution in [0, 0.1) is 5.92 Å². The second-order valence-corrected chi connectivity index (χ2v) is 4.67. The van der Waals surface area contributed by atoms with E-state index in [-0.39, 0.29) is 0 Å². The molecule has 0 radical (unpaired) electrons. The average molecular weight is 270 g/mol. The standard InChI is InChI=1S/C14H27BO4/c1-5-15(6-2)11-9-10-12(13(16)18-7-3)14(17)19-8-4/h12H,5-11H2,1-4H3. The summed E-state index contributed by atoms with van der Waals surface area (Å²) in [5.41, 5.74) is 0. The van der Waals surface area contributed by atoms with E-state index < -0.39 is 17.9 Å². The molecule has 0 rings (SSSR count). The molecule has 4 nitrogen and oxygen atoms in total. The van der Waals surface area contributed by atoms with Crippen LogP contribution >= 0.6 is 0 Å². The summed E-state index contributed by atoms with van der Waals surface area (Å²) in [5.74, 6) is -1.66. The van der Waals surface area contributed by atoms with Gasteiger partial charge in [0.25, 0.3) is 0 Å². The second-order valence-electron chi connectivity index (χ2n) is 4.67. The topological polar surface area (TPSA) is 52.6 Å². The van der Waals surface area contributed by atoms with Gasteiger partial charge in [0, 0.05) is 0 Å². The van der Waals surface area contributed by atoms with E-state index in [4.69, 9.17) is 9.47 Å². The van der Waals surface area contributed by atoms with Gasteiger partial charge < -0.3 is 9.47 Å². The van der Waals surface area contributed by atoms with Gasteiger partial charge in [0.1, 0.15) is 6.71 Å². The second kappa shape index (κ2) is 10.9. The molecule has 0 unspecified atom stereocenters. The predicted octanol–water partition coefficient (Wildman–Crippen LogP) is 3.04. The maximum absolute atomic E-state index is 11.8. The molecule has 0 fully saturated rings. The minimum Gasteiger partial charge on any atom is -0.465 e. The van der Waals surface area contributed by atoms with Crippen molar-refractivity contribution >= 4 is 18.7 Å². The lowest BCUT2D eigenvalue weighted by Crippen LogP contribution is -2.28. The number of carbonyl (C=O) groups excluding carboxylic acids is 2. The Kier molecular flexibility index (Phi) is 10.3. The summed E-state index contributed by atoms with van der Waals surface area (Å²) in [6, 6.07) is 0. The molecule has 0 amide bonds. The van der Waals surface area contributed by atoms with Gasteiger partial charge in [-0.3, -0.25) is 9.59 Å². The molecule has 0 bridgehead atoms. The molecular formula is C14H27BO4. The Hall–Kier alpha value is -0.995. The summed E-state index contributed by atoms with van der Waals surface area (Å²) in [5, 5.41) is 0. The highest BCUT2D eigenvalue weighted by molar-refractivity contribution is 6.58. The van der Waals surface area contributed by atoms with E-state index in [2.05, 4.69) is 13.8 Å². The lowest BCUT2D eigenvalue weighted by Gasteiger charge is -2.15. The highest BCUT2D eigenvalue weighted by Crippen LogP contribution is 2.17. The Morgan fingerprint density at radius 3 is 1.79 bits per heavy atom. The summed E-state index contributed by atoms with van der Waals surface area (Å²) in [4.78, 5) is 23.5. The Morgan fingerprint density at radius 1 is 0.947 bits per heavy atom. The highest BCUT2D eigenvalue weighted by atomic mass is 16.6. The molecule has 0 aliphatic rings. The lowest BCUT2D eigenvalue weighted by atomic mass is 9.43. The first-order valence-electron chi connectivity index (χ1n) is 7.43. The molecule has 0 atom stereocenters. The Labute approximate surface area is 117 Å². The van der Waals surface area contributed by atoms with Crippen LogP contribution in [0.4, 0.5) is 0 Å². The molecule has 0 aromatic carbocycles. The average Bonchev–Trinajstić information content (AvgIpc) is 2.39. The van der Waals surface area contributed by atoms with Gasteiger partial charge >= 0.3 is 11.9 Å². The van der Waals surface area contributed by atoms with E-state index in [1.165, 1.54) is 0 Å². The molecule has 0 N–H and O–H groups in total. The Bertz CT molecular complexity index is 246. The maximum atomic E-state index is 11.8. The third-order valence-corrected chi connectivity index (χ3v) is 3.40. The van der Waals surface area contributed by atoms with E-state index in [1.807, 2.05) is 0 Å². The van der Waals surface area contributed by atoms with E-state index in [9.17, 15) is 9.59 Å². The van der Waals surface area contributed by atoms with Gasteiger partial charge in [-0.1, -0.05) is 39.2 Å². The van der Waals surface area contributed by atoms with Gasteiger partial charge in [-0.2, -0.15) is 0 Å². The van der Waals surface area contributed by atoms with Crippen molar-refractivity contribution < 1.29 is 19.1 Å². The SMILES string of the molecule is CCOC(=O)C(CCCB(CC)CC)C(=O)OCC. The van der Waals surface area contributed by atoms with Crippen LogP contribution < -0.4 is 0 Å². The number of hydrogen-bond donors (Lipinski definition) is 0. The van der Waals surface area contributed by atoms with Crippen molar-refractivity contribution in [2.75, 3.05) is 13.2 Å². The summed E-state index contributed by atoms with van der Waals surface area (Å²) in [7, 11) is 0. The first-order chi connectivity index (χ1) is 9.10. The van der Waals surface area contributed by atoms with Crippen molar-refractivity contribution in [3.63, 3.8) is 0 Å². The molecule has 0 aliphatic carbocycles. The molecule has 0 aliphatic heterocycles. The van der Waals surface area contributed by atoms with Crippen molar-refractivity contribution in [3.05, 3.63) is 0 Å². The molecule has 0 aromatic heterocycles. The van der Waals surface area contributed by atoms with E-state index in [1.54, 1.807) is 13.8 Å². The van der Waals surface area contributed by atoms with Gasteiger partial charge in [-0.05, 0) is 20.3 Å². The predicted molar refractivity (Wildman–Crippen MR) is 77.5 cm³/mol. The molecule has 110 valence electrons. The van der Waals surface area contributed by atoms with Crippen LogP contribution in [0.5, 0.6) is 0 Å². The number of carbonyl (C=O) groups is 2. The first kappa shape index (κ1) is 18.0. The summed E-state index contributed by atoms with van der Waals surface area (Å²) in [6.45, 7) is 9.08. The molecule has 0 heterocycles. The minimum absolute atomic E-state index is 0.293. The zero-order chi connectivity index (χ0) is 14.7. The third-order valence-electron chi connectivity index (χ3n) is 3.40.